The first-order chi connectivity index (χ1) is 14.2. The molecule has 1 aromatic carbocycles. The Bertz CT molecular complexity index is 897. The molecule has 1 aromatic heterocycles. The Morgan fingerprint density at radius 3 is 2.79 bits per heavy atom. The van der Waals surface area contributed by atoms with Crippen LogP contribution >= 0.6 is 0 Å². The number of carbonyl (C=O) groups is 1. The fourth-order valence-corrected chi connectivity index (χ4v) is 3.94. The normalized spacial score (nSPS) is 19.0. The van der Waals surface area contributed by atoms with E-state index in [0.717, 1.165) is 43.5 Å². The minimum Gasteiger partial charge on any atom is -0.334 e. The van der Waals surface area contributed by atoms with Crippen LogP contribution in [0.5, 0.6) is 0 Å². The van der Waals surface area contributed by atoms with Crippen LogP contribution < -0.4 is 5.32 Å². The zero-order valence-electron chi connectivity index (χ0n) is 16.5. The summed E-state index contributed by atoms with van der Waals surface area (Å²) in [5.74, 6) is 0.213. The van der Waals surface area contributed by atoms with Crippen molar-refractivity contribution in [3.8, 4) is 11.3 Å². The molecule has 1 saturated heterocycles. The molecule has 2 N–H and O–H groups in total. The Balaban J connectivity index is 1.47. The third-order valence-corrected chi connectivity index (χ3v) is 5.64. The Morgan fingerprint density at radius 1 is 1.21 bits per heavy atom. The van der Waals surface area contributed by atoms with Crippen molar-refractivity contribution in [1.82, 2.24) is 20.2 Å². The van der Waals surface area contributed by atoms with Crippen LogP contribution in [0, 0.1) is 0 Å². The van der Waals surface area contributed by atoms with Gasteiger partial charge in [0.05, 0.1) is 11.9 Å². The molecule has 5 nitrogen and oxygen atoms in total. The van der Waals surface area contributed by atoms with Gasteiger partial charge >= 0.3 is 0 Å². The third-order valence-electron chi connectivity index (χ3n) is 5.64. The number of nitrogens with zero attached hydrogens (tertiary/aromatic N) is 2. The number of nitrogens with one attached hydrogen (secondary N) is 2. The number of hydrogen-bond acceptors (Lipinski definition) is 3. The average molecular weight is 394 g/mol. The summed E-state index contributed by atoms with van der Waals surface area (Å²) in [6.45, 7) is 2.28. The van der Waals surface area contributed by atoms with E-state index in [1.54, 1.807) is 12.3 Å². The molecule has 1 aliphatic carbocycles. The molecule has 1 amide bonds. The maximum atomic E-state index is 13.2. The standard InChI is InChI=1S/C23H27FN4O/c24-19-10-8-17(9-11-19)12-14-28(16-20-7-4-13-25-20)23(29)22-26-15-21(27-22)18-5-2-1-3-6-18/h1-3,5-6,8,10,15,20,25H,4,7,9,11-14,16H2,(H,26,27)/t20-/m0/s1. The second kappa shape index (κ2) is 9.18. The second-order valence-corrected chi connectivity index (χ2v) is 7.74. The van der Waals surface area contributed by atoms with E-state index in [9.17, 15) is 9.18 Å². The largest absolute Gasteiger partial charge is 0.334 e. The Labute approximate surface area is 170 Å². The van der Waals surface area contributed by atoms with E-state index in [2.05, 4.69) is 15.3 Å². The van der Waals surface area contributed by atoms with Crippen molar-refractivity contribution in [2.24, 2.45) is 0 Å². The van der Waals surface area contributed by atoms with Crippen molar-refractivity contribution in [3.63, 3.8) is 0 Å². The Hall–Kier alpha value is -2.73. The molecule has 152 valence electrons. The summed E-state index contributed by atoms with van der Waals surface area (Å²) in [5, 5.41) is 3.47. The van der Waals surface area contributed by atoms with Crippen LogP contribution in [-0.4, -0.2) is 46.5 Å². The lowest BCUT2D eigenvalue weighted by Crippen LogP contribution is -2.42. The Morgan fingerprint density at radius 2 is 2.07 bits per heavy atom. The van der Waals surface area contributed by atoms with Crippen LogP contribution in [0.3, 0.4) is 0 Å². The molecule has 0 radical (unpaired) electrons. The molecule has 6 heteroatoms. The van der Waals surface area contributed by atoms with E-state index < -0.39 is 0 Å². The summed E-state index contributed by atoms with van der Waals surface area (Å²) >= 11 is 0. The van der Waals surface area contributed by atoms with Crippen LogP contribution in [0.15, 0.2) is 60.1 Å². The predicted octanol–water partition coefficient (Wildman–Crippen LogP) is 4.23. The average Bonchev–Trinajstić information content (AvgIpc) is 3.45. The summed E-state index contributed by atoms with van der Waals surface area (Å²) < 4.78 is 13.2. The summed E-state index contributed by atoms with van der Waals surface area (Å²) in [7, 11) is 0. The van der Waals surface area contributed by atoms with Crippen LogP contribution in [0.25, 0.3) is 11.3 Å². The number of allylic oxidation sites excluding steroid dienone is 3. The van der Waals surface area contributed by atoms with Gasteiger partial charge in [0.25, 0.3) is 5.91 Å². The second-order valence-electron chi connectivity index (χ2n) is 7.74. The van der Waals surface area contributed by atoms with Gasteiger partial charge in [0.1, 0.15) is 5.83 Å². The molecule has 2 aliphatic rings. The lowest BCUT2D eigenvalue weighted by atomic mass is 10.0. The first kappa shape index (κ1) is 19.6. The van der Waals surface area contributed by atoms with Crippen molar-refractivity contribution in [1.29, 1.82) is 0 Å². The molecule has 0 saturated carbocycles. The summed E-state index contributed by atoms with van der Waals surface area (Å²) in [6, 6.07) is 10.2. The van der Waals surface area contributed by atoms with E-state index in [-0.39, 0.29) is 11.7 Å². The molecule has 4 rings (SSSR count). The number of carbonyl (C=O) groups excluding carboxylic acids is 1. The molecule has 2 heterocycles. The van der Waals surface area contributed by atoms with Crippen molar-refractivity contribution < 1.29 is 9.18 Å². The van der Waals surface area contributed by atoms with Gasteiger partial charge in [-0.1, -0.05) is 42.0 Å². The number of halogens is 1. The van der Waals surface area contributed by atoms with Gasteiger partial charge in [-0.05, 0) is 43.9 Å². The highest BCUT2D eigenvalue weighted by atomic mass is 19.1. The monoisotopic (exact) mass is 394 g/mol. The molecule has 1 aliphatic heterocycles. The van der Waals surface area contributed by atoms with E-state index in [0.29, 0.717) is 31.4 Å². The van der Waals surface area contributed by atoms with E-state index >= 15 is 0 Å². The van der Waals surface area contributed by atoms with Gasteiger partial charge in [-0.2, -0.15) is 0 Å². The van der Waals surface area contributed by atoms with Crippen molar-refractivity contribution in [2.75, 3.05) is 19.6 Å². The van der Waals surface area contributed by atoms with Crippen molar-refractivity contribution in [2.45, 2.75) is 38.1 Å². The summed E-state index contributed by atoms with van der Waals surface area (Å²) in [6.07, 6.45) is 9.28. The lowest BCUT2D eigenvalue weighted by Gasteiger charge is -2.26. The van der Waals surface area contributed by atoms with Gasteiger partial charge in [0, 0.05) is 25.6 Å². The number of amides is 1. The minimum absolute atomic E-state index is 0.0686. The quantitative estimate of drug-likeness (QED) is 0.739. The highest BCUT2D eigenvalue weighted by Crippen LogP contribution is 2.22. The lowest BCUT2D eigenvalue weighted by molar-refractivity contribution is 0.0732. The smallest absolute Gasteiger partial charge is 0.289 e. The zero-order chi connectivity index (χ0) is 20.1. The third kappa shape index (κ3) is 5.01. The first-order valence-electron chi connectivity index (χ1n) is 10.4. The number of H-pyrrole nitrogens is 1. The molecular weight excluding hydrogens is 367 g/mol. The highest BCUT2D eigenvalue weighted by molar-refractivity contribution is 5.91. The van der Waals surface area contributed by atoms with Gasteiger partial charge in [-0.3, -0.25) is 4.79 Å². The predicted molar refractivity (Wildman–Crippen MR) is 112 cm³/mol. The van der Waals surface area contributed by atoms with E-state index in [1.165, 1.54) is 5.57 Å². The summed E-state index contributed by atoms with van der Waals surface area (Å²) in [4.78, 5) is 22.6. The topological polar surface area (TPSA) is 61.0 Å². The van der Waals surface area contributed by atoms with E-state index in [1.807, 2.05) is 41.3 Å². The zero-order valence-corrected chi connectivity index (χ0v) is 16.5. The van der Waals surface area contributed by atoms with E-state index in [4.69, 9.17) is 0 Å². The number of rotatable bonds is 7. The molecule has 0 bridgehead atoms. The van der Waals surface area contributed by atoms with Crippen molar-refractivity contribution in [3.05, 3.63) is 65.9 Å². The molecule has 0 spiro atoms. The maximum absolute atomic E-state index is 13.2. The molecular formula is C23H27FN4O. The number of benzene rings is 1. The van der Waals surface area contributed by atoms with Gasteiger partial charge < -0.3 is 15.2 Å². The number of aromatic nitrogens is 2. The number of hydrogen-bond donors (Lipinski definition) is 2. The fraction of sp³-hybridized carbons (Fsp3) is 0.391. The van der Waals surface area contributed by atoms with Gasteiger partial charge in [-0.15, -0.1) is 0 Å². The van der Waals surface area contributed by atoms with Crippen LogP contribution in [0.4, 0.5) is 4.39 Å². The summed E-state index contributed by atoms with van der Waals surface area (Å²) in [5.41, 5.74) is 3.03. The first-order valence-corrected chi connectivity index (χ1v) is 10.4. The fourth-order valence-electron chi connectivity index (χ4n) is 3.94. The molecule has 1 atom stereocenters. The highest BCUT2D eigenvalue weighted by Gasteiger charge is 2.24. The number of aromatic amines is 1. The van der Waals surface area contributed by atoms with Crippen LogP contribution in [0.1, 0.15) is 42.7 Å². The Kier molecular flexibility index (Phi) is 6.20. The van der Waals surface area contributed by atoms with Crippen LogP contribution in [-0.2, 0) is 0 Å². The van der Waals surface area contributed by atoms with Gasteiger partial charge in [-0.25, -0.2) is 9.37 Å². The van der Waals surface area contributed by atoms with Crippen LogP contribution in [0.2, 0.25) is 0 Å². The maximum Gasteiger partial charge on any atom is 0.289 e. The minimum atomic E-state index is -0.0842. The molecule has 2 aromatic rings. The van der Waals surface area contributed by atoms with Crippen molar-refractivity contribution >= 4 is 5.91 Å². The molecule has 1 fully saturated rings. The molecule has 29 heavy (non-hydrogen) atoms. The van der Waals surface area contributed by atoms with Gasteiger partial charge in [0.2, 0.25) is 0 Å². The molecule has 0 unspecified atom stereocenters. The van der Waals surface area contributed by atoms with Gasteiger partial charge in [0.15, 0.2) is 5.82 Å². The number of imidazole rings is 1. The SMILES string of the molecule is O=C(c1ncc(-c2ccccc2)[nH]1)N(CCC1=CC=C(F)CC1)C[C@@H]1CCCN1.